The van der Waals surface area contributed by atoms with Crippen LogP contribution < -0.4 is 5.32 Å². The highest BCUT2D eigenvalue weighted by Gasteiger charge is 2.26. The van der Waals surface area contributed by atoms with Gasteiger partial charge >= 0.3 is 0 Å². The molecule has 1 heterocycles. The van der Waals surface area contributed by atoms with Gasteiger partial charge in [0.15, 0.2) is 0 Å². The van der Waals surface area contributed by atoms with E-state index in [0.717, 1.165) is 0 Å². The van der Waals surface area contributed by atoms with Crippen LogP contribution in [0.15, 0.2) is 0 Å². The number of rotatable bonds is 5. The molecule has 0 bridgehead atoms. The Balaban J connectivity index is 2.29. The van der Waals surface area contributed by atoms with Crippen molar-refractivity contribution < 1.29 is 14.3 Å². The van der Waals surface area contributed by atoms with Gasteiger partial charge in [-0.1, -0.05) is 0 Å². The van der Waals surface area contributed by atoms with E-state index in [1.165, 1.54) is 0 Å². The van der Waals surface area contributed by atoms with Crippen molar-refractivity contribution in [2.24, 2.45) is 5.92 Å². The predicted octanol–water partition coefficient (Wildman–Crippen LogP) is 0.00750. The number of amides is 2. The average Bonchev–Trinajstić information content (AvgIpc) is 2.29. The quantitative estimate of drug-likeness (QED) is 0.674. The summed E-state index contributed by atoms with van der Waals surface area (Å²) in [6.45, 7) is 4.24. The van der Waals surface area contributed by atoms with Crippen LogP contribution in [0, 0.1) is 5.92 Å². The molecule has 1 aliphatic rings. The van der Waals surface area contributed by atoms with Crippen molar-refractivity contribution in [3.05, 3.63) is 0 Å². The van der Waals surface area contributed by atoms with Gasteiger partial charge < -0.3 is 15.0 Å². The van der Waals surface area contributed by atoms with E-state index >= 15 is 0 Å². The van der Waals surface area contributed by atoms with E-state index in [9.17, 15) is 9.59 Å². The number of carbonyl (C=O) groups excluding carboxylic acids is 2. The molecule has 1 unspecified atom stereocenters. The fourth-order valence-corrected chi connectivity index (χ4v) is 1.71. The predicted molar refractivity (Wildman–Crippen MR) is 59.9 cm³/mol. The minimum atomic E-state index is -0.0654. The van der Waals surface area contributed by atoms with Gasteiger partial charge in [0.2, 0.25) is 11.8 Å². The molecule has 5 nitrogen and oxygen atoms in total. The number of carbonyl (C=O) groups is 2. The zero-order valence-corrected chi connectivity index (χ0v) is 9.99. The van der Waals surface area contributed by atoms with Crippen LogP contribution in [0.1, 0.15) is 19.8 Å². The highest BCUT2D eigenvalue weighted by Crippen LogP contribution is 2.13. The summed E-state index contributed by atoms with van der Waals surface area (Å²) >= 11 is 0. The van der Waals surface area contributed by atoms with Gasteiger partial charge in [-0.3, -0.25) is 9.59 Å². The van der Waals surface area contributed by atoms with Crippen LogP contribution >= 0.6 is 0 Å². The average molecular weight is 228 g/mol. The van der Waals surface area contributed by atoms with Crippen LogP contribution in [-0.2, 0) is 14.3 Å². The van der Waals surface area contributed by atoms with Crippen molar-refractivity contribution in [3.63, 3.8) is 0 Å². The standard InChI is InChI=1S/C11H20N2O3/c1-3-16-7-6-13(2)11(15)9-4-5-10(14)12-8-9/h9H,3-8H2,1-2H3,(H,12,14). The summed E-state index contributed by atoms with van der Waals surface area (Å²) in [4.78, 5) is 24.6. The molecule has 5 heteroatoms. The molecular weight excluding hydrogens is 208 g/mol. The maximum Gasteiger partial charge on any atom is 0.227 e. The molecule has 0 aliphatic carbocycles. The molecule has 0 radical (unpaired) electrons. The molecule has 16 heavy (non-hydrogen) atoms. The van der Waals surface area contributed by atoms with Crippen molar-refractivity contribution in [2.45, 2.75) is 19.8 Å². The number of nitrogens with zero attached hydrogens (tertiary/aromatic N) is 1. The number of ether oxygens (including phenoxy) is 1. The summed E-state index contributed by atoms with van der Waals surface area (Å²) in [5.41, 5.74) is 0. The van der Waals surface area contributed by atoms with E-state index in [0.29, 0.717) is 39.1 Å². The topological polar surface area (TPSA) is 58.6 Å². The first kappa shape index (κ1) is 13.0. The van der Waals surface area contributed by atoms with Crippen LogP contribution in [-0.4, -0.2) is 50.1 Å². The Labute approximate surface area is 96.1 Å². The molecule has 0 spiro atoms. The molecule has 0 aromatic rings. The molecule has 1 aliphatic heterocycles. The van der Waals surface area contributed by atoms with Gasteiger partial charge in [-0.15, -0.1) is 0 Å². The zero-order valence-electron chi connectivity index (χ0n) is 9.99. The summed E-state index contributed by atoms with van der Waals surface area (Å²) in [6, 6.07) is 0. The lowest BCUT2D eigenvalue weighted by Gasteiger charge is -2.26. The van der Waals surface area contributed by atoms with Gasteiger partial charge in [0, 0.05) is 33.2 Å². The fraction of sp³-hybridized carbons (Fsp3) is 0.818. The smallest absolute Gasteiger partial charge is 0.227 e. The number of hydrogen-bond acceptors (Lipinski definition) is 3. The van der Waals surface area contributed by atoms with Gasteiger partial charge in [0.05, 0.1) is 12.5 Å². The maximum absolute atomic E-state index is 11.9. The Bertz CT molecular complexity index is 246. The Morgan fingerprint density at radius 3 is 2.94 bits per heavy atom. The van der Waals surface area contributed by atoms with Crippen LogP contribution in [0.5, 0.6) is 0 Å². The molecular formula is C11H20N2O3. The Kier molecular flexibility index (Phi) is 5.25. The number of hydrogen-bond donors (Lipinski definition) is 1. The molecule has 1 N–H and O–H groups in total. The second-order valence-electron chi connectivity index (χ2n) is 4.00. The monoisotopic (exact) mass is 228 g/mol. The normalized spacial score (nSPS) is 20.4. The van der Waals surface area contributed by atoms with Gasteiger partial charge in [0.1, 0.15) is 0 Å². The van der Waals surface area contributed by atoms with Crippen molar-refractivity contribution >= 4 is 11.8 Å². The second kappa shape index (κ2) is 6.48. The van der Waals surface area contributed by atoms with E-state index in [1.807, 2.05) is 6.92 Å². The molecule has 0 aromatic heterocycles. The first-order valence-corrected chi connectivity index (χ1v) is 5.74. The van der Waals surface area contributed by atoms with Crippen LogP contribution in [0.25, 0.3) is 0 Å². The SMILES string of the molecule is CCOCCN(C)C(=O)C1CCC(=O)NC1. The third-order valence-electron chi connectivity index (χ3n) is 2.77. The zero-order chi connectivity index (χ0) is 12.0. The summed E-state index contributed by atoms with van der Waals surface area (Å²) in [5.74, 6) is 0.0741. The van der Waals surface area contributed by atoms with Crippen LogP contribution in [0.3, 0.4) is 0 Å². The van der Waals surface area contributed by atoms with Gasteiger partial charge in [-0.25, -0.2) is 0 Å². The van der Waals surface area contributed by atoms with E-state index in [4.69, 9.17) is 4.74 Å². The first-order valence-electron chi connectivity index (χ1n) is 5.74. The Hall–Kier alpha value is -1.10. The van der Waals surface area contributed by atoms with Gasteiger partial charge in [-0.2, -0.15) is 0 Å². The Morgan fingerprint density at radius 2 is 2.38 bits per heavy atom. The lowest BCUT2D eigenvalue weighted by Crippen LogP contribution is -2.44. The van der Waals surface area contributed by atoms with E-state index in [1.54, 1.807) is 11.9 Å². The summed E-state index contributed by atoms with van der Waals surface area (Å²) in [7, 11) is 1.78. The van der Waals surface area contributed by atoms with Gasteiger partial charge in [-0.05, 0) is 13.3 Å². The molecule has 0 saturated carbocycles. The highest BCUT2D eigenvalue weighted by atomic mass is 16.5. The molecule has 1 fully saturated rings. The molecule has 1 rings (SSSR count). The summed E-state index contributed by atoms with van der Waals surface area (Å²) in [5, 5.41) is 2.72. The van der Waals surface area contributed by atoms with E-state index in [2.05, 4.69) is 5.32 Å². The number of nitrogens with one attached hydrogen (secondary N) is 1. The fourth-order valence-electron chi connectivity index (χ4n) is 1.71. The Morgan fingerprint density at radius 1 is 1.62 bits per heavy atom. The third kappa shape index (κ3) is 3.81. The van der Waals surface area contributed by atoms with Crippen LogP contribution in [0.2, 0.25) is 0 Å². The molecule has 1 atom stereocenters. The summed E-state index contributed by atoms with van der Waals surface area (Å²) in [6.07, 6.45) is 1.11. The van der Waals surface area contributed by atoms with Crippen LogP contribution in [0.4, 0.5) is 0 Å². The largest absolute Gasteiger partial charge is 0.380 e. The molecule has 2 amide bonds. The maximum atomic E-state index is 11.9. The highest BCUT2D eigenvalue weighted by molar-refractivity contribution is 5.83. The number of likely N-dealkylation sites (N-methyl/N-ethyl adjacent to an activating group) is 1. The lowest BCUT2D eigenvalue weighted by atomic mass is 9.98. The minimum absolute atomic E-state index is 0.0426. The van der Waals surface area contributed by atoms with Crippen molar-refractivity contribution in [2.75, 3.05) is 33.4 Å². The summed E-state index contributed by atoms with van der Waals surface area (Å²) < 4.78 is 5.20. The molecule has 1 saturated heterocycles. The molecule has 0 aromatic carbocycles. The van der Waals surface area contributed by atoms with Gasteiger partial charge in [0.25, 0.3) is 0 Å². The van der Waals surface area contributed by atoms with E-state index in [-0.39, 0.29) is 17.7 Å². The number of piperidine rings is 1. The van der Waals surface area contributed by atoms with Crippen molar-refractivity contribution in [3.8, 4) is 0 Å². The van der Waals surface area contributed by atoms with Crippen molar-refractivity contribution in [1.29, 1.82) is 0 Å². The molecule has 92 valence electrons. The lowest BCUT2D eigenvalue weighted by molar-refractivity contribution is -0.136. The van der Waals surface area contributed by atoms with E-state index < -0.39 is 0 Å². The third-order valence-corrected chi connectivity index (χ3v) is 2.77. The minimum Gasteiger partial charge on any atom is -0.380 e. The van der Waals surface area contributed by atoms with Crippen molar-refractivity contribution in [1.82, 2.24) is 10.2 Å². The first-order chi connectivity index (χ1) is 7.65. The second-order valence-corrected chi connectivity index (χ2v) is 4.00.